The number of carbonyl (C=O) groups is 1. The van der Waals surface area contributed by atoms with Crippen LogP contribution in [-0.2, 0) is 5.60 Å². The average Bonchev–Trinajstić information content (AvgIpc) is 3.34. The number of hydrogen-bond acceptors (Lipinski definition) is 7. The monoisotopic (exact) mass is 419 g/mol. The Bertz CT molecular complexity index is 1300. The molecule has 3 aromatic heterocycles. The normalized spacial score (nSPS) is 12.8. The zero-order valence-corrected chi connectivity index (χ0v) is 16.9. The van der Waals surface area contributed by atoms with Gasteiger partial charge >= 0.3 is 12.1 Å². The Balaban J connectivity index is 1.74. The largest absolute Gasteiger partial charge is 0.412 e. The van der Waals surface area contributed by atoms with Gasteiger partial charge in [0, 0.05) is 28.4 Å². The number of carbonyl (C=O) groups excluding carboxylic acids is 1. The predicted molar refractivity (Wildman–Crippen MR) is 113 cm³/mol. The number of H-pyrrole nitrogens is 1. The average molecular weight is 419 g/mol. The highest BCUT2D eigenvalue weighted by Gasteiger charge is 2.23. The Hall–Kier alpha value is -3.74. The number of nitrogens with two attached hydrogens (primary N) is 1. The Morgan fingerprint density at radius 3 is 2.93 bits per heavy atom. The van der Waals surface area contributed by atoms with E-state index >= 15 is 0 Å². The lowest BCUT2D eigenvalue weighted by atomic mass is 10.0. The van der Waals surface area contributed by atoms with Crippen molar-refractivity contribution in [2.45, 2.75) is 19.4 Å². The molecular weight excluding hydrogens is 402 g/mol. The number of nitrogens with one attached hydrogen (secondary N) is 1. The van der Waals surface area contributed by atoms with Crippen LogP contribution in [0, 0.1) is 18.8 Å². The van der Waals surface area contributed by atoms with Gasteiger partial charge in [0.2, 0.25) is 0 Å². The van der Waals surface area contributed by atoms with Gasteiger partial charge in [-0.3, -0.25) is 0 Å². The number of thiazole rings is 1. The van der Waals surface area contributed by atoms with Crippen molar-refractivity contribution in [3.8, 4) is 29.0 Å². The van der Waals surface area contributed by atoms with Gasteiger partial charge in [-0.15, -0.1) is 11.3 Å². The molecule has 1 unspecified atom stereocenters. The van der Waals surface area contributed by atoms with Crippen molar-refractivity contribution >= 4 is 28.5 Å². The second kappa shape index (κ2) is 7.59. The van der Waals surface area contributed by atoms with Gasteiger partial charge in [0.05, 0.1) is 11.7 Å². The fraction of sp³-hybridized carbons (Fsp3) is 0.143. The summed E-state index contributed by atoms with van der Waals surface area (Å²) in [6, 6.07) is 7.44. The third kappa shape index (κ3) is 3.87. The number of aliphatic hydroxyl groups is 1. The van der Waals surface area contributed by atoms with Crippen LogP contribution < -0.4 is 10.5 Å². The Kier molecular flexibility index (Phi) is 4.95. The number of primary amides is 1. The number of benzene rings is 1. The van der Waals surface area contributed by atoms with Crippen molar-refractivity contribution in [1.29, 1.82) is 0 Å². The number of amides is 1. The smallest absolute Gasteiger partial charge is 0.374 e. The molecule has 0 bridgehead atoms. The van der Waals surface area contributed by atoms with Crippen LogP contribution in [0.4, 0.5) is 4.79 Å². The molecule has 0 saturated carbocycles. The van der Waals surface area contributed by atoms with Crippen molar-refractivity contribution in [3.05, 3.63) is 58.3 Å². The molecule has 150 valence electrons. The molecule has 4 aromatic rings. The number of fused-ring (bicyclic) bond motifs is 1. The molecule has 0 radical (unpaired) electrons. The quantitative estimate of drug-likeness (QED) is 0.438. The molecule has 4 N–H and O–H groups in total. The van der Waals surface area contributed by atoms with Crippen molar-refractivity contribution in [1.82, 2.24) is 19.9 Å². The molecule has 3 heterocycles. The van der Waals surface area contributed by atoms with Gasteiger partial charge in [-0.25, -0.2) is 14.8 Å². The molecule has 0 spiro atoms. The van der Waals surface area contributed by atoms with E-state index in [0.717, 1.165) is 22.4 Å². The van der Waals surface area contributed by atoms with E-state index in [1.807, 2.05) is 31.2 Å². The summed E-state index contributed by atoms with van der Waals surface area (Å²) in [5, 5.41) is 12.9. The van der Waals surface area contributed by atoms with Gasteiger partial charge in [-0.2, -0.15) is 4.98 Å². The van der Waals surface area contributed by atoms with E-state index in [9.17, 15) is 9.90 Å². The van der Waals surface area contributed by atoms with E-state index in [1.54, 1.807) is 18.5 Å². The lowest BCUT2D eigenvalue weighted by Crippen LogP contribution is -2.17. The SMILES string of the molecule is Cc1[nH]c2cnc(OC(N)=O)nc2c1-c1cccc(C#CC(C)(O)c2nccs2)c1. The van der Waals surface area contributed by atoms with Crippen LogP contribution in [0.25, 0.3) is 22.2 Å². The minimum absolute atomic E-state index is 0.120. The number of nitrogens with zero attached hydrogens (tertiary/aromatic N) is 3. The topological polar surface area (TPSA) is 127 Å². The van der Waals surface area contributed by atoms with Crippen molar-refractivity contribution in [2.24, 2.45) is 5.73 Å². The minimum atomic E-state index is -1.34. The number of rotatable bonds is 3. The fourth-order valence-corrected chi connectivity index (χ4v) is 3.70. The summed E-state index contributed by atoms with van der Waals surface area (Å²) in [6.45, 7) is 3.53. The molecule has 8 nitrogen and oxygen atoms in total. The van der Waals surface area contributed by atoms with Crippen LogP contribution in [0.5, 0.6) is 6.01 Å². The maximum absolute atomic E-state index is 11.0. The molecule has 30 heavy (non-hydrogen) atoms. The molecule has 0 saturated heterocycles. The lowest BCUT2D eigenvalue weighted by molar-refractivity contribution is 0.122. The number of ether oxygens (including phenoxy) is 1. The van der Waals surface area contributed by atoms with Crippen LogP contribution in [0.3, 0.4) is 0 Å². The summed E-state index contributed by atoms with van der Waals surface area (Å²) in [4.78, 5) is 26.7. The van der Waals surface area contributed by atoms with E-state index in [4.69, 9.17) is 10.5 Å². The second-order valence-corrected chi connectivity index (χ2v) is 7.60. The number of aromatic amines is 1. The maximum Gasteiger partial charge on any atom is 0.412 e. The van der Waals surface area contributed by atoms with E-state index in [1.165, 1.54) is 17.5 Å². The molecule has 1 amide bonds. The van der Waals surface area contributed by atoms with Gasteiger partial charge in [-0.1, -0.05) is 24.0 Å². The molecule has 1 atom stereocenters. The van der Waals surface area contributed by atoms with Crippen LogP contribution in [0.15, 0.2) is 42.0 Å². The summed E-state index contributed by atoms with van der Waals surface area (Å²) in [7, 11) is 0. The molecule has 0 aliphatic heterocycles. The third-order valence-corrected chi connectivity index (χ3v) is 5.33. The molecule has 0 aliphatic carbocycles. The Labute approximate surface area is 175 Å². The molecule has 0 aliphatic rings. The highest BCUT2D eigenvalue weighted by atomic mass is 32.1. The van der Waals surface area contributed by atoms with Gasteiger partial charge in [-0.05, 0) is 31.5 Å². The molecular formula is C21H17N5O3S. The van der Waals surface area contributed by atoms with Gasteiger partial charge < -0.3 is 20.6 Å². The lowest BCUT2D eigenvalue weighted by Gasteiger charge is -2.12. The van der Waals surface area contributed by atoms with Gasteiger partial charge in [0.15, 0.2) is 5.60 Å². The summed E-state index contributed by atoms with van der Waals surface area (Å²) in [5.74, 6) is 5.90. The molecule has 4 rings (SSSR count). The molecule has 1 aromatic carbocycles. The van der Waals surface area contributed by atoms with Crippen LogP contribution in [0.2, 0.25) is 0 Å². The van der Waals surface area contributed by atoms with E-state index in [-0.39, 0.29) is 6.01 Å². The molecule has 0 fully saturated rings. The van der Waals surface area contributed by atoms with E-state index in [0.29, 0.717) is 16.0 Å². The van der Waals surface area contributed by atoms with Crippen LogP contribution >= 0.6 is 11.3 Å². The highest BCUT2D eigenvalue weighted by molar-refractivity contribution is 7.09. The Morgan fingerprint density at radius 1 is 1.37 bits per heavy atom. The zero-order valence-electron chi connectivity index (χ0n) is 16.1. The summed E-state index contributed by atoms with van der Waals surface area (Å²) in [5.41, 5.74) is 8.30. The summed E-state index contributed by atoms with van der Waals surface area (Å²) < 4.78 is 4.81. The number of aromatic nitrogens is 4. The van der Waals surface area contributed by atoms with Gasteiger partial charge in [0.25, 0.3) is 0 Å². The van der Waals surface area contributed by atoms with Crippen LogP contribution in [0.1, 0.15) is 23.2 Å². The first-order valence-corrected chi connectivity index (χ1v) is 9.80. The first-order valence-electron chi connectivity index (χ1n) is 8.92. The summed E-state index contributed by atoms with van der Waals surface area (Å²) in [6.07, 6.45) is 2.19. The number of aryl methyl sites for hydroxylation is 1. The zero-order chi connectivity index (χ0) is 21.3. The van der Waals surface area contributed by atoms with Crippen molar-refractivity contribution < 1.29 is 14.6 Å². The predicted octanol–water partition coefficient (Wildman–Crippen LogP) is 3.11. The highest BCUT2D eigenvalue weighted by Crippen LogP contribution is 2.32. The van der Waals surface area contributed by atoms with Crippen molar-refractivity contribution in [3.63, 3.8) is 0 Å². The third-order valence-electron chi connectivity index (χ3n) is 4.34. The fourth-order valence-electron chi connectivity index (χ4n) is 3.05. The van der Waals surface area contributed by atoms with E-state index < -0.39 is 11.7 Å². The standard InChI is InChI=1S/C21H17N5O3S/c1-12-16(17-15(25-12)11-24-20(26-17)29-19(22)27)14-5-3-4-13(10-14)6-7-21(2,28)18-23-8-9-30-18/h3-5,8-11,25,28H,1-2H3,(H2,22,27). The first-order chi connectivity index (χ1) is 14.3. The second-order valence-electron chi connectivity index (χ2n) is 6.70. The van der Waals surface area contributed by atoms with E-state index in [2.05, 4.69) is 31.8 Å². The number of hydrogen-bond donors (Lipinski definition) is 3. The summed E-state index contributed by atoms with van der Waals surface area (Å²) >= 11 is 1.35. The molecule has 9 heteroatoms. The minimum Gasteiger partial charge on any atom is -0.374 e. The maximum atomic E-state index is 11.0. The Morgan fingerprint density at radius 2 is 2.20 bits per heavy atom. The first kappa shape index (κ1) is 19.6. The van der Waals surface area contributed by atoms with Crippen LogP contribution in [-0.4, -0.2) is 31.1 Å². The van der Waals surface area contributed by atoms with Crippen molar-refractivity contribution in [2.75, 3.05) is 0 Å². The van der Waals surface area contributed by atoms with Gasteiger partial charge in [0.1, 0.15) is 10.5 Å².